The van der Waals surface area contributed by atoms with Crippen LogP contribution in [0.4, 0.5) is 5.95 Å². The van der Waals surface area contributed by atoms with E-state index in [2.05, 4.69) is 16.9 Å². The van der Waals surface area contributed by atoms with Gasteiger partial charge in [0.25, 0.3) is 5.56 Å². The predicted molar refractivity (Wildman–Crippen MR) is 59.8 cm³/mol. The summed E-state index contributed by atoms with van der Waals surface area (Å²) in [5, 5.41) is 3.67. The molecule has 4 heteroatoms. The lowest BCUT2D eigenvalue weighted by atomic mass is 10.2. The number of fused-ring (bicyclic) bond motifs is 2. The fourth-order valence-corrected chi connectivity index (χ4v) is 1.80. The van der Waals surface area contributed by atoms with Gasteiger partial charge in [0.2, 0.25) is 5.95 Å². The lowest BCUT2D eigenvalue weighted by Crippen LogP contribution is -2.18. The largest absolute Gasteiger partial charge is 0.350 e. The van der Waals surface area contributed by atoms with Gasteiger partial charge in [0.1, 0.15) is 0 Å². The molecule has 2 aromatic rings. The van der Waals surface area contributed by atoms with Crippen LogP contribution in [0.5, 0.6) is 0 Å². The van der Waals surface area contributed by atoms with E-state index in [0.29, 0.717) is 17.9 Å². The molecule has 0 radical (unpaired) electrons. The smallest absolute Gasteiger partial charge is 0.267 e. The lowest BCUT2D eigenvalue weighted by Gasteiger charge is -2.03. The molecule has 1 aromatic heterocycles. The number of hydrogen-bond donors (Lipinski definition) is 1. The van der Waals surface area contributed by atoms with Gasteiger partial charge in [-0.3, -0.25) is 4.79 Å². The SMILES string of the molecule is C=C1CNc2nc3ccccc3c(=O)n21. The zero-order valence-electron chi connectivity index (χ0n) is 8.03. The average molecular weight is 199 g/mol. The molecule has 0 bridgehead atoms. The highest BCUT2D eigenvalue weighted by atomic mass is 16.1. The Morgan fingerprint density at radius 2 is 2.20 bits per heavy atom. The first-order valence-corrected chi connectivity index (χ1v) is 4.71. The zero-order valence-corrected chi connectivity index (χ0v) is 8.03. The third-order valence-corrected chi connectivity index (χ3v) is 2.54. The number of nitrogens with zero attached hydrogens (tertiary/aromatic N) is 2. The summed E-state index contributed by atoms with van der Waals surface area (Å²) in [5.74, 6) is 0.587. The fourth-order valence-electron chi connectivity index (χ4n) is 1.80. The molecule has 0 amide bonds. The second-order valence-corrected chi connectivity index (χ2v) is 3.51. The van der Waals surface area contributed by atoms with E-state index in [1.807, 2.05) is 18.2 Å². The zero-order chi connectivity index (χ0) is 10.4. The summed E-state index contributed by atoms with van der Waals surface area (Å²) in [4.78, 5) is 16.4. The molecule has 0 saturated heterocycles. The number of anilines is 1. The van der Waals surface area contributed by atoms with Crippen molar-refractivity contribution in [2.75, 3.05) is 11.9 Å². The standard InChI is InChI=1S/C11H9N3O/c1-7-6-12-11-13-9-5-3-2-4-8(9)10(15)14(7)11/h2-5H,1,6H2,(H,12,13). The number of nitrogens with one attached hydrogen (secondary N) is 1. The first-order chi connectivity index (χ1) is 7.27. The second-order valence-electron chi connectivity index (χ2n) is 3.51. The molecule has 0 fully saturated rings. The van der Waals surface area contributed by atoms with Gasteiger partial charge in [-0.2, -0.15) is 0 Å². The molecule has 0 saturated carbocycles. The Hall–Kier alpha value is -2.10. The number of aromatic nitrogens is 2. The van der Waals surface area contributed by atoms with Crippen molar-refractivity contribution in [2.45, 2.75) is 0 Å². The molecule has 1 aliphatic rings. The number of benzene rings is 1. The first-order valence-electron chi connectivity index (χ1n) is 4.71. The van der Waals surface area contributed by atoms with Crippen molar-refractivity contribution in [2.24, 2.45) is 0 Å². The van der Waals surface area contributed by atoms with E-state index in [1.54, 1.807) is 6.07 Å². The van der Waals surface area contributed by atoms with Gasteiger partial charge in [0, 0.05) is 5.70 Å². The van der Waals surface area contributed by atoms with Gasteiger partial charge >= 0.3 is 0 Å². The van der Waals surface area contributed by atoms with Crippen molar-refractivity contribution in [1.82, 2.24) is 9.55 Å². The van der Waals surface area contributed by atoms with E-state index in [-0.39, 0.29) is 5.56 Å². The molecular weight excluding hydrogens is 190 g/mol. The van der Waals surface area contributed by atoms with Crippen LogP contribution in [0, 0.1) is 0 Å². The van der Waals surface area contributed by atoms with E-state index in [1.165, 1.54) is 4.57 Å². The van der Waals surface area contributed by atoms with Gasteiger partial charge in [-0.25, -0.2) is 9.55 Å². The van der Waals surface area contributed by atoms with Crippen molar-refractivity contribution in [3.63, 3.8) is 0 Å². The molecule has 0 aliphatic carbocycles. The highest BCUT2D eigenvalue weighted by Crippen LogP contribution is 2.18. The Kier molecular flexibility index (Phi) is 1.48. The van der Waals surface area contributed by atoms with Crippen LogP contribution in [0.3, 0.4) is 0 Å². The molecule has 15 heavy (non-hydrogen) atoms. The van der Waals surface area contributed by atoms with Gasteiger partial charge < -0.3 is 5.32 Å². The van der Waals surface area contributed by atoms with Crippen LogP contribution in [0.2, 0.25) is 0 Å². The van der Waals surface area contributed by atoms with Crippen molar-refractivity contribution >= 4 is 22.5 Å². The molecule has 0 spiro atoms. The Morgan fingerprint density at radius 1 is 1.40 bits per heavy atom. The number of rotatable bonds is 0. The molecule has 1 aliphatic heterocycles. The van der Waals surface area contributed by atoms with Gasteiger partial charge in [-0.05, 0) is 12.1 Å². The summed E-state index contributed by atoms with van der Waals surface area (Å²) in [6.45, 7) is 4.41. The fraction of sp³-hybridized carbons (Fsp3) is 0.0909. The van der Waals surface area contributed by atoms with Crippen LogP contribution in [0.1, 0.15) is 0 Å². The normalized spacial score (nSPS) is 14.0. The summed E-state index contributed by atoms with van der Waals surface area (Å²) in [6, 6.07) is 7.32. The second kappa shape index (κ2) is 2.70. The molecule has 0 unspecified atom stereocenters. The van der Waals surface area contributed by atoms with Crippen LogP contribution in [-0.4, -0.2) is 16.1 Å². The third kappa shape index (κ3) is 1.01. The molecule has 4 nitrogen and oxygen atoms in total. The van der Waals surface area contributed by atoms with Crippen molar-refractivity contribution in [1.29, 1.82) is 0 Å². The van der Waals surface area contributed by atoms with Gasteiger partial charge in [0.15, 0.2) is 0 Å². The molecule has 74 valence electrons. The average Bonchev–Trinajstić information content (AvgIpc) is 2.61. The maximum atomic E-state index is 12.1. The Labute approximate surface area is 85.9 Å². The monoisotopic (exact) mass is 199 g/mol. The van der Waals surface area contributed by atoms with Crippen molar-refractivity contribution in [3.05, 3.63) is 41.2 Å². The van der Waals surface area contributed by atoms with Crippen LogP contribution >= 0.6 is 0 Å². The van der Waals surface area contributed by atoms with E-state index in [9.17, 15) is 4.79 Å². The molecule has 1 N–H and O–H groups in total. The van der Waals surface area contributed by atoms with Crippen LogP contribution in [0.15, 0.2) is 35.6 Å². The quantitative estimate of drug-likeness (QED) is 0.695. The van der Waals surface area contributed by atoms with E-state index < -0.39 is 0 Å². The van der Waals surface area contributed by atoms with Crippen molar-refractivity contribution < 1.29 is 0 Å². The number of hydrogen-bond acceptors (Lipinski definition) is 3. The Morgan fingerprint density at radius 3 is 3.07 bits per heavy atom. The predicted octanol–water partition coefficient (Wildman–Crippen LogP) is 1.29. The molecule has 2 heterocycles. The van der Waals surface area contributed by atoms with Crippen LogP contribution in [0.25, 0.3) is 16.6 Å². The van der Waals surface area contributed by atoms with E-state index >= 15 is 0 Å². The van der Waals surface area contributed by atoms with Gasteiger partial charge in [0.05, 0.1) is 17.4 Å². The van der Waals surface area contributed by atoms with E-state index in [0.717, 1.165) is 11.2 Å². The highest BCUT2D eigenvalue weighted by Gasteiger charge is 2.17. The van der Waals surface area contributed by atoms with Gasteiger partial charge in [-0.15, -0.1) is 0 Å². The summed E-state index contributed by atoms with van der Waals surface area (Å²) in [6.07, 6.45) is 0. The topological polar surface area (TPSA) is 46.9 Å². The number of para-hydroxylation sites is 1. The minimum absolute atomic E-state index is 0.0504. The maximum absolute atomic E-state index is 12.1. The van der Waals surface area contributed by atoms with Gasteiger partial charge in [-0.1, -0.05) is 18.7 Å². The van der Waals surface area contributed by atoms with Crippen molar-refractivity contribution in [3.8, 4) is 0 Å². The molecule has 1 aromatic carbocycles. The Balaban J connectivity index is 2.52. The van der Waals surface area contributed by atoms with Crippen LogP contribution < -0.4 is 10.9 Å². The maximum Gasteiger partial charge on any atom is 0.267 e. The molecule has 0 atom stereocenters. The first kappa shape index (κ1) is 8.23. The summed E-state index contributed by atoms with van der Waals surface area (Å²) < 4.78 is 1.53. The lowest BCUT2D eigenvalue weighted by molar-refractivity contribution is 1.05. The molecular formula is C11H9N3O. The van der Waals surface area contributed by atoms with Crippen LogP contribution in [-0.2, 0) is 0 Å². The Bertz CT molecular complexity index is 627. The van der Waals surface area contributed by atoms with E-state index in [4.69, 9.17) is 0 Å². The summed E-state index contributed by atoms with van der Waals surface area (Å²) in [5.41, 5.74) is 1.41. The third-order valence-electron chi connectivity index (χ3n) is 2.54. The summed E-state index contributed by atoms with van der Waals surface area (Å²) >= 11 is 0. The minimum Gasteiger partial charge on any atom is -0.350 e. The highest BCUT2D eigenvalue weighted by molar-refractivity contribution is 5.81. The minimum atomic E-state index is -0.0504. The molecule has 3 rings (SSSR count). The summed E-state index contributed by atoms with van der Waals surface area (Å²) in [7, 11) is 0.